The van der Waals surface area contributed by atoms with Crippen molar-refractivity contribution in [1.29, 1.82) is 0 Å². The second-order valence-corrected chi connectivity index (χ2v) is 3.57. The molecule has 0 aliphatic heterocycles. The van der Waals surface area contributed by atoms with Gasteiger partial charge in [-0.05, 0) is 32.4 Å². The minimum absolute atomic E-state index is 1.02. The van der Waals surface area contributed by atoms with E-state index < -0.39 is 0 Å². The Morgan fingerprint density at radius 1 is 1.08 bits per heavy atom. The van der Waals surface area contributed by atoms with Gasteiger partial charge in [0.25, 0.3) is 0 Å². The molecule has 0 atom stereocenters. The molecule has 1 heteroatoms. The molecule has 0 fully saturated rings. The third-order valence-corrected chi connectivity index (χ3v) is 2.19. The van der Waals surface area contributed by atoms with Crippen molar-refractivity contribution in [2.24, 2.45) is 0 Å². The van der Waals surface area contributed by atoms with Crippen LogP contribution >= 0.6 is 0 Å². The van der Waals surface area contributed by atoms with Gasteiger partial charge in [0, 0.05) is 6.54 Å². The lowest BCUT2D eigenvalue weighted by Crippen LogP contribution is -2.23. The van der Waals surface area contributed by atoms with Crippen LogP contribution < -0.4 is 0 Å². The molecule has 0 saturated carbocycles. The van der Waals surface area contributed by atoms with Crippen LogP contribution in [0.25, 0.3) is 0 Å². The molecule has 0 rings (SSSR count). The smallest absolute Gasteiger partial charge is 0.0251 e. The summed E-state index contributed by atoms with van der Waals surface area (Å²) in [5.74, 6) is 0. The summed E-state index contributed by atoms with van der Waals surface area (Å²) in [6.07, 6.45) is 7.37. The Morgan fingerprint density at radius 3 is 2.00 bits per heavy atom. The molecule has 0 heterocycles. The molecule has 0 spiro atoms. The van der Waals surface area contributed by atoms with Crippen molar-refractivity contribution in [1.82, 2.24) is 4.90 Å². The van der Waals surface area contributed by atoms with Crippen LogP contribution in [0.4, 0.5) is 0 Å². The Hall–Kier alpha value is -0.0400. The summed E-state index contributed by atoms with van der Waals surface area (Å²) in [5.41, 5.74) is 0. The van der Waals surface area contributed by atoms with Gasteiger partial charge in [0.2, 0.25) is 0 Å². The Balaban J connectivity index is 3.47. The topological polar surface area (TPSA) is 3.24 Å². The van der Waals surface area contributed by atoms with E-state index in [0.717, 1.165) is 12.8 Å². The van der Waals surface area contributed by atoms with Crippen LogP contribution in [0.3, 0.4) is 0 Å². The van der Waals surface area contributed by atoms with Crippen LogP contribution in [0.15, 0.2) is 0 Å². The first-order chi connectivity index (χ1) is 6.35. The van der Waals surface area contributed by atoms with Crippen LogP contribution in [0, 0.1) is 13.5 Å². The average Bonchev–Trinajstić information content (AvgIpc) is 2.17. The minimum atomic E-state index is 1.02. The predicted molar refractivity (Wildman–Crippen MR) is 60.3 cm³/mol. The zero-order valence-electron chi connectivity index (χ0n) is 9.39. The molecule has 0 amide bonds. The van der Waals surface area contributed by atoms with E-state index in [-0.39, 0.29) is 0 Å². The van der Waals surface area contributed by atoms with E-state index in [4.69, 9.17) is 0 Å². The highest BCUT2D eigenvalue weighted by Crippen LogP contribution is 2.05. The van der Waals surface area contributed by atoms with E-state index in [1.54, 1.807) is 0 Å². The van der Waals surface area contributed by atoms with E-state index in [9.17, 15) is 0 Å². The molecule has 1 nitrogen and oxygen atoms in total. The van der Waals surface area contributed by atoms with Crippen molar-refractivity contribution in [3.63, 3.8) is 0 Å². The number of hydrogen-bond donors (Lipinski definition) is 0. The van der Waals surface area contributed by atoms with Crippen molar-refractivity contribution in [2.75, 3.05) is 13.1 Å². The zero-order valence-corrected chi connectivity index (χ0v) is 9.39. The molecular weight excluding hydrogens is 158 g/mol. The van der Waals surface area contributed by atoms with Crippen molar-refractivity contribution in [3.05, 3.63) is 13.5 Å². The Morgan fingerprint density at radius 2 is 1.62 bits per heavy atom. The van der Waals surface area contributed by atoms with Gasteiger partial charge in [-0.1, -0.05) is 40.0 Å². The number of rotatable bonds is 9. The van der Waals surface area contributed by atoms with Gasteiger partial charge in [-0.3, -0.25) is 4.90 Å². The van der Waals surface area contributed by atoms with Gasteiger partial charge in [0.1, 0.15) is 0 Å². The predicted octanol–water partition coefficient (Wildman–Crippen LogP) is 3.66. The van der Waals surface area contributed by atoms with Crippen LogP contribution in [0.2, 0.25) is 0 Å². The van der Waals surface area contributed by atoms with Crippen molar-refractivity contribution in [2.45, 2.75) is 52.4 Å². The number of hydrogen-bond acceptors (Lipinski definition) is 1. The molecule has 0 saturated heterocycles. The normalized spacial score (nSPS) is 11.1. The van der Waals surface area contributed by atoms with E-state index in [0.29, 0.717) is 0 Å². The van der Waals surface area contributed by atoms with Gasteiger partial charge in [-0.2, -0.15) is 0 Å². The van der Waals surface area contributed by atoms with E-state index >= 15 is 0 Å². The SMILES string of the molecule is [CH2]CC[CH]N(CCCC)CCCC. The molecule has 2 radical (unpaired) electrons. The fraction of sp³-hybridized carbons (Fsp3) is 0.833. The summed E-state index contributed by atoms with van der Waals surface area (Å²) >= 11 is 0. The first-order valence-electron chi connectivity index (χ1n) is 5.71. The third kappa shape index (κ3) is 8.29. The summed E-state index contributed by atoms with van der Waals surface area (Å²) in [5, 5.41) is 0. The maximum atomic E-state index is 3.86. The fourth-order valence-corrected chi connectivity index (χ4v) is 1.29. The van der Waals surface area contributed by atoms with Crippen molar-refractivity contribution in [3.8, 4) is 0 Å². The maximum Gasteiger partial charge on any atom is 0.0251 e. The van der Waals surface area contributed by atoms with E-state index in [2.05, 4.69) is 32.2 Å². The van der Waals surface area contributed by atoms with Gasteiger partial charge in [0.15, 0.2) is 0 Å². The van der Waals surface area contributed by atoms with Crippen LogP contribution in [0.1, 0.15) is 52.4 Å². The molecule has 0 aromatic rings. The van der Waals surface area contributed by atoms with Gasteiger partial charge in [-0.15, -0.1) is 0 Å². The molecule has 0 N–H and O–H groups in total. The molecular formula is C12H25N. The lowest BCUT2D eigenvalue weighted by atomic mass is 10.2. The van der Waals surface area contributed by atoms with E-state index in [1.165, 1.54) is 38.8 Å². The monoisotopic (exact) mass is 183 g/mol. The molecule has 13 heavy (non-hydrogen) atoms. The lowest BCUT2D eigenvalue weighted by Gasteiger charge is -2.20. The van der Waals surface area contributed by atoms with Crippen LogP contribution in [0.5, 0.6) is 0 Å². The minimum Gasteiger partial charge on any atom is -0.299 e. The fourth-order valence-electron chi connectivity index (χ4n) is 1.29. The molecule has 0 bridgehead atoms. The second kappa shape index (κ2) is 10.0. The Bertz CT molecular complexity index is 72.1. The van der Waals surface area contributed by atoms with Gasteiger partial charge in [0.05, 0.1) is 0 Å². The highest BCUT2D eigenvalue weighted by molar-refractivity contribution is 4.69. The molecule has 0 aromatic carbocycles. The molecule has 0 unspecified atom stereocenters. The zero-order chi connectivity index (χ0) is 9.94. The van der Waals surface area contributed by atoms with Crippen LogP contribution in [-0.2, 0) is 0 Å². The number of unbranched alkanes of at least 4 members (excludes halogenated alkanes) is 3. The van der Waals surface area contributed by atoms with E-state index in [1.807, 2.05) is 0 Å². The Labute approximate surface area is 84.5 Å². The second-order valence-electron chi connectivity index (χ2n) is 3.57. The number of nitrogens with zero attached hydrogens (tertiary/aromatic N) is 1. The summed E-state index contributed by atoms with van der Waals surface area (Å²) in [6.45, 7) is 13.2. The largest absolute Gasteiger partial charge is 0.299 e. The molecule has 0 aliphatic carbocycles. The van der Waals surface area contributed by atoms with Gasteiger partial charge in [-0.25, -0.2) is 0 Å². The summed E-state index contributed by atoms with van der Waals surface area (Å²) in [7, 11) is 0. The quantitative estimate of drug-likeness (QED) is 0.527. The van der Waals surface area contributed by atoms with Gasteiger partial charge >= 0.3 is 0 Å². The first-order valence-corrected chi connectivity index (χ1v) is 5.71. The van der Waals surface area contributed by atoms with Crippen LogP contribution in [-0.4, -0.2) is 18.0 Å². The first kappa shape index (κ1) is 13.0. The van der Waals surface area contributed by atoms with Crippen molar-refractivity contribution >= 4 is 0 Å². The standard InChI is InChI=1S/C12H25N/c1-4-7-10-13(11-8-5-2)12-9-6-3/h10H,1,4-9,11-12H2,2-3H3. The van der Waals surface area contributed by atoms with Crippen molar-refractivity contribution < 1.29 is 0 Å². The lowest BCUT2D eigenvalue weighted by molar-refractivity contribution is 0.313. The summed E-state index contributed by atoms with van der Waals surface area (Å²) in [4.78, 5) is 2.47. The summed E-state index contributed by atoms with van der Waals surface area (Å²) < 4.78 is 0. The molecule has 0 aromatic heterocycles. The van der Waals surface area contributed by atoms with Gasteiger partial charge < -0.3 is 0 Å². The third-order valence-electron chi connectivity index (χ3n) is 2.19. The summed E-state index contributed by atoms with van der Waals surface area (Å²) in [6, 6.07) is 0. The highest BCUT2D eigenvalue weighted by Gasteiger charge is 2.02. The Kier molecular flexibility index (Phi) is 10.0. The average molecular weight is 183 g/mol. The highest BCUT2D eigenvalue weighted by atomic mass is 15.1. The molecule has 0 aliphatic rings. The molecule has 78 valence electrons. The maximum absolute atomic E-state index is 3.86.